The van der Waals surface area contributed by atoms with E-state index < -0.39 is 0 Å². The first kappa shape index (κ1) is 16.6. The lowest BCUT2D eigenvalue weighted by Gasteiger charge is -2.38. The number of aryl methyl sites for hydroxylation is 1. The molecule has 0 unspecified atom stereocenters. The van der Waals surface area contributed by atoms with Gasteiger partial charge in [-0.05, 0) is 51.5 Å². The van der Waals surface area contributed by atoms with Crippen molar-refractivity contribution in [1.82, 2.24) is 20.0 Å². The number of hydrogen-bond donors (Lipinski definition) is 1. The summed E-state index contributed by atoms with van der Waals surface area (Å²) in [7, 11) is 1.46. The third kappa shape index (κ3) is 2.94. The molecule has 0 saturated carbocycles. The van der Waals surface area contributed by atoms with Gasteiger partial charge >= 0.3 is 5.97 Å². The summed E-state index contributed by atoms with van der Waals surface area (Å²) in [5, 5.41) is 7.30. The number of carbonyl (C=O) groups excluding carboxylic acids is 2. The molecule has 1 aromatic heterocycles. The number of ether oxygens (including phenoxy) is 1. The van der Waals surface area contributed by atoms with Crippen molar-refractivity contribution in [3.05, 3.63) is 17.0 Å². The van der Waals surface area contributed by atoms with E-state index in [-0.39, 0.29) is 17.9 Å². The average molecular weight is 346 g/mol. The van der Waals surface area contributed by atoms with E-state index >= 15 is 0 Å². The fraction of sp³-hybridized carbons (Fsp3) is 0.722. The molecule has 136 valence electrons. The number of likely N-dealkylation sites (tertiary alicyclic amines) is 2. The second-order valence-corrected chi connectivity index (χ2v) is 7.33. The summed E-state index contributed by atoms with van der Waals surface area (Å²) in [5.41, 5.74) is 2.88. The van der Waals surface area contributed by atoms with Crippen LogP contribution in [0.1, 0.15) is 53.8 Å². The molecule has 7 heteroatoms. The van der Waals surface area contributed by atoms with Crippen LogP contribution in [0.4, 0.5) is 0 Å². The summed E-state index contributed by atoms with van der Waals surface area (Å²) in [5.74, 6) is -0.0631. The molecule has 1 amide bonds. The summed E-state index contributed by atoms with van der Waals surface area (Å²) in [4.78, 5) is 29.0. The topological polar surface area (TPSA) is 78.5 Å². The number of rotatable bonds is 3. The SMILES string of the molecule is COC(=O)[C@@H]1CCCN1C1CCN(C(=O)c2n[nH]c3c2CCC3)CC1. The fourth-order valence-electron chi connectivity index (χ4n) is 4.66. The Hall–Kier alpha value is -1.89. The zero-order valence-electron chi connectivity index (χ0n) is 14.8. The molecule has 0 bridgehead atoms. The van der Waals surface area contributed by atoms with E-state index in [9.17, 15) is 9.59 Å². The zero-order chi connectivity index (χ0) is 17.4. The first-order valence-corrected chi connectivity index (χ1v) is 9.38. The molecule has 3 aliphatic rings. The minimum atomic E-state index is -0.122. The van der Waals surface area contributed by atoms with Crippen molar-refractivity contribution < 1.29 is 14.3 Å². The number of aromatic nitrogens is 2. The highest BCUT2D eigenvalue weighted by atomic mass is 16.5. The summed E-state index contributed by atoms with van der Waals surface area (Å²) in [6.07, 6.45) is 6.80. The average Bonchev–Trinajstić information content (AvgIpc) is 3.36. The first-order chi connectivity index (χ1) is 12.2. The van der Waals surface area contributed by atoms with Crippen LogP contribution < -0.4 is 0 Å². The van der Waals surface area contributed by atoms with Gasteiger partial charge in [-0.1, -0.05) is 0 Å². The van der Waals surface area contributed by atoms with E-state index in [2.05, 4.69) is 15.1 Å². The lowest BCUT2D eigenvalue weighted by molar-refractivity contribution is -0.147. The molecule has 25 heavy (non-hydrogen) atoms. The lowest BCUT2D eigenvalue weighted by atomic mass is 10.0. The van der Waals surface area contributed by atoms with Gasteiger partial charge in [0.15, 0.2) is 5.69 Å². The number of fused-ring (bicyclic) bond motifs is 1. The van der Waals surface area contributed by atoms with Gasteiger partial charge < -0.3 is 9.64 Å². The molecule has 0 radical (unpaired) electrons. The number of amides is 1. The van der Waals surface area contributed by atoms with Crippen molar-refractivity contribution in [2.75, 3.05) is 26.7 Å². The summed E-state index contributed by atoms with van der Waals surface area (Å²) < 4.78 is 4.95. The van der Waals surface area contributed by atoms with Gasteiger partial charge in [-0.25, -0.2) is 0 Å². The van der Waals surface area contributed by atoms with Crippen LogP contribution in [-0.2, 0) is 22.4 Å². The number of esters is 1. The number of methoxy groups -OCH3 is 1. The Balaban J connectivity index is 1.38. The molecule has 1 N–H and O–H groups in total. The van der Waals surface area contributed by atoms with Gasteiger partial charge in [0, 0.05) is 30.4 Å². The predicted molar refractivity (Wildman–Crippen MR) is 91.3 cm³/mol. The molecule has 2 fully saturated rings. The van der Waals surface area contributed by atoms with E-state index in [1.165, 1.54) is 7.11 Å². The molecule has 1 aromatic rings. The fourth-order valence-corrected chi connectivity index (χ4v) is 4.66. The van der Waals surface area contributed by atoms with Crippen LogP contribution in [0, 0.1) is 0 Å². The highest BCUT2D eigenvalue weighted by molar-refractivity contribution is 5.94. The van der Waals surface area contributed by atoms with E-state index in [4.69, 9.17) is 4.74 Å². The Kier molecular flexibility index (Phi) is 4.50. The van der Waals surface area contributed by atoms with Crippen molar-refractivity contribution in [2.24, 2.45) is 0 Å². The largest absolute Gasteiger partial charge is 0.468 e. The highest BCUT2D eigenvalue weighted by Gasteiger charge is 2.38. The Morgan fingerprint density at radius 1 is 1.12 bits per heavy atom. The van der Waals surface area contributed by atoms with Crippen LogP contribution in [0.3, 0.4) is 0 Å². The van der Waals surface area contributed by atoms with Gasteiger partial charge in [-0.2, -0.15) is 5.10 Å². The van der Waals surface area contributed by atoms with Gasteiger partial charge in [-0.3, -0.25) is 19.6 Å². The van der Waals surface area contributed by atoms with Crippen LogP contribution in [0.5, 0.6) is 0 Å². The second kappa shape index (κ2) is 6.78. The van der Waals surface area contributed by atoms with Gasteiger partial charge in [0.05, 0.1) is 7.11 Å². The normalized spacial score (nSPS) is 24.5. The number of H-pyrrole nitrogens is 1. The monoisotopic (exact) mass is 346 g/mol. The Morgan fingerprint density at radius 3 is 2.68 bits per heavy atom. The van der Waals surface area contributed by atoms with Crippen molar-refractivity contribution in [3.8, 4) is 0 Å². The third-order valence-corrected chi connectivity index (χ3v) is 6.00. The smallest absolute Gasteiger partial charge is 0.323 e. The molecule has 2 saturated heterocycles. The summed E-state index contributed by atoms with van der Waals surface area (Å²) in [6.45, 7) is 2.41. The van der Waals surface area contributed by atoms with Crippen molar-refractivity contribution in [2.45, 2.75) is 57.0 Å². The first-order valence-electron chi connectivity index (χ1n) is 9.38. The predicted octanol–water partition coefficient (Wildman–Crippen LogP) is 1.14. The van der Waals surface area contributed by atoms with E-state index in [0.717, 1.165) is 75.8 Å². The highest BCUT2D eigenvalue weighted by Crippen LogP contribution is 2.28. The van der Waals surface area contributed by atoms with Crippen LogP contribution in [0.25, 0.3) is 0 Å². The molecule has 1 atom stereocenters. The molecule has 0 spiro atoms. The van der Waals surface area contributed by atoms with Gasteiger partial charge in [0.2, 0.25) is 0 Å². The lowest BCUT2D eigenvalue weighted by Crippen LogP contribution is -2.50. The van der Waals surface area contributed by atoms with Crippen molar-refractivity contribution >= 4 is 11.9 Å². The molecule has 4 rings (SSSR count). The Bertz CT molecular complexity index is 663. The molecule has 2 aliphatic heterocycles. The maximum absolute atomic E-state index is 12.8. The zero-order valence-corrected chi connectivity index (χ0v) is 14.8. The van der Waals surface area contributed by atoms with Crippen molar-refractivity contribution in [3.63, 3.8) is 0 Å². The number of hydrogen-bond acceptors (Lipinski definition) is 5. The van der Waals surface area contributed by atoms with Crippen LogP contribution in [-0.4, -0.2) is 70.7 Å². The van der Waals surface area contributed by atoms with Gasteiger partial charge in [0.1, 0.15) is 6.04 Å². The standard InChI is InChI=1S/C18H26N4O3/c1-25-18(24)15-6-3-9-22(15)12-7-10-21(11-8-12)17(23)16-13-4-2-5-14(13)19-20-16/h12,15H,2-11H2,1H3,(H,19,20)/t15-/m0/s1. The Labute approximate surface area is 147 Å². The minimum absolute atomic E-state index is 0.0591. The molecular weight excluding hydrogens is 320 g/mol. The summed E-state index contributed by atoms with van der Waals surface area (Å²) in [6, 6.07) is 0.257. The maximum Gasteiger partial charge on any atom is 0.323 e. The molecule has 0 aromatic carbocycles. The van der Waals surface area contributed by atoms with Crippen LogP contribution >= 0.6 is 0 Å². The molecule has 3 heterocycles. The van der Waals surface area contributed by atoms with Gasteiger partial charge in [-0.15, -0.1) is 0 Å². The Morgan fingerprint density at radius 2 is 1.92 bits per heavy atom. The number of aromatic amines is 1. The van der Waals surface area contributed by atoms with Crippen molar-refractivity contribution in [1.29, 1.82) is 0 Å². The number of carbonyl (C=O) groups is 2. The number of nitrogens with one attached hydrogen (secondary N) is 1. The van der Waals surface area contributed by atoms with Crippen LogP contribution in [0.15, 0.2) is 0 Å². The summed E-state index contributed by atoms with van der Waals surface area (Å²) >= 11 is 0. The quantitative estimate of drug-likeness (QED) is 0.831. The van der Waals surface area contributed by atoms with E-state index in [1.54, 1.807) is 0 Å². The molecular formula is C18H26N4O3. The molecule has 1 aliphatic carbocycles. The number of nitrogens with zero attached hydrogens (tertiary/aromatic N) is 3. The maximum atomic E-state index is 12.8. The van der Waals surface area contributed by atoms with E-state index in [1.807, 2.05) is 4.90 Å². The number of piperidine rings is 1. The van der Waals surface area contributed by atoms with E-state index in [0.29, 0.717) is 11.7 Å². The van der Waals surface area contributed by atoms with Gasteiger partial charge in [0.25, 0.3) is 5.91 Å². The second-order valence-electron chi connectivity index (χ2n) is 7.33. The molecule has 7 nitrogen and oxygen atoms in total. The third-order valence-electron chi connectivity index (χ3n) is 6.00. The minimum Gasteiger partial charge on any atom is -0.468 e. The van der Waals surface area contributed by atoms with Crippen LogP contribution in [0.2, 0.25) is 0 Å².